The predicted octanol–water partition coefficient (Wildman–Crippen LogP) is 1.62. The van der Waals surface area contributed by atoms with E-state index in [-0.39, 0.29) is 5.91 Å². The first-order valence-electron chi connectivity index (χ1n) is 5.84. The highest BCUT2D eigenvalue weighted by Gasteiger charge is 2.23. The minimum atomic E-state index is 0.0215. The molecule has 1 aromatic heterocycles. The first-order chi connectivity index (χ1) is 8.22. The van der Waals surface area contributed by atoms with Crippen LogP contribution in [0.3, 0.4) is 0 Å². The zero-order chi connectivity index (χ0) is 12.3. The Bertz CT molecular complexity index is 402. The molecule has 92 valence electrons. The smallest absolute Gasteiger partial charge is 0.273 e. The summed E-state index contributed by atoms with van der Waals surface area (Å²) >= 11 is 3.37. The van der Waals surface area contributed by atoms with Gasteiger partial charge in [-0.15, -0.1) is 0 Å². The van der Waals surface area contributed by atoms with Crippen LogP contribution in [0.5, 0.6) is 0 Å². The van der Waals surface area contributed by atoms with Crippen LogP contribution in [0.25, 0.3) is 0 Å². The molecule has 0 spiro atoms. The topological polar surface area (TPSA) is 36.4 Å². The molecule has 0 bridgehead atoms. The molecule has 1 aliphatic rings. The summed E-state index contributed by atoms with van der Waals surface area (Å²) in [7, 11) is 0. The number of carbonyl (C=O) groups is 1. The Morgan fingerprint density at radius 1 is 1.41 bits per heavy atom. The van der Waals surface area contributed by atoms with Crippen LogP contribution in [0.15, 0.2) is 22.8 Å². The molecular formula is C12H16BrN3O. The van der Waals surface area contributed by atoms with E-state index in [0.717, 1.165) is 37.2 Å². The fourth-order valence-electron chi connectivity index (χ4n) is 1.96. The second-order valence-corrected chi connectivity index (χ2v) is 4.91. The third-order valence-electron chi connectivity index (χ3n) is 3.07. The molecule has 1 aliphatic heterocycles. The van der Waals surface area contributed by atoms with Crippen molar-refractivity contribution < 1.29 is 4.79 Å². The van der Waals surface area contributed by atoms with Gasteiger partial charge in [0.1, 0.15) is 5.69 Å². The molecule has 2 heterocycles. The van der Waals surface area contributed by atoms with Crippen molar-refractivity contribution in [1.29, 1.82) is 0 Å². The summed E-state index contributed by atoms with van der Waals surface area (Å²) in [5.74, 6) is 0.0215. The van der Waals surface area contributed by atoms with Gasteiger partial charge in [-0.25, -0.2) is 4.98 Å². The minimum absolute atomic E-state index is 0.0215. The number of carbonyl (C=O) groups excluding carboxylic acids is 1. The van der Waals surface area contributed by atoms with Crippen molar-refractivity contribution in [3.05, 3.63) is 28.5 Å². The van der Waals surface area contributed by atoms with Crippen molar-refractivity contribution in [1.82, 2.24) is 14.8 Å². The van der Waals surface area contributed by atoms with Gasteiger partial charge in [-0.3, -0.25) is 4.79 Å². The zero-order valence-corrected chi connectivity index (χ0v) is 11.5. The fraction of sp³-hybridized carbons (Fsp3) is 0.500. The summed E-state index contributed by atoms with van der Waals surface area (Å²) < 4.78 is 0.767. The number of rotatable bonds is 2. The quantitative estimate of drug-likeness (QED) is 0.832. The Kier molecular flexibility index (Phi) is 4.12. The molecule has 17 heavy (non-hydrogen) atoms. The van der Waals surface area contributed by atoms with Crippen LogP contribution >= 0.6 is 15.9 Å². The van der Waals surface area contributed by atoms with Gasteiger partial charge < -0.3 is 9.80 Å². The van der Waals surface area contributed by atoms with Gasteiger partial charge in [0, 0.05) is 36.8 Å². The summed E-state index contributed by atoms with van der Waals surface area (Å²) in [5, 5.41) is 0. The molecule has 1 amide bonds. The van der Waals surface area contributed by atoms with Crippen molar-refractivity contribution in [2.24, 2.45) is 0 Å². The van der Waals surface area contributed by atoms with E-state index in [1.807, 2.05) is 17.0 Å². The van der Waals surface area contributed by atoms with Gasteiger partial charge in [-0.2, -0.15) is 0 Å². The van der Waals surface area contributed by atoms with Crippen molar-refractivity contribution in [3.63, 3.8) is 0 Å². The lowest BCUT2D eigenvalue weighted by atomic mass is 10.2. The molecule has 0 N–H and O–H groups in total. The van der Waals surface area contributed by atoms with Gasteiger partial charge in [0.25, 0.3) is 5.91 Å². The summed E-state index contributed by atoms with van der Waals surface area (Å²) in [4.78, 5) is 20.6. The molecule has 2 rings (SSSR count). The highest BCUT2D eigenvalue weighted by atomic mass is 79.9. The van der Waals surface area contributed by atoms with Gasteiger partial charge >= 0.3 is 0 Å². The number of halogens is 1. The number of pyridine rings is 1. The van der Waals surface area contributed by atoms with Gasteiger partial charge in [0.2, 0.25) is 0 Å². The number of likely N-dealkylation sites (N-methyl/N-ethyl adjacent to an activating group) is 1. The van der Waals surface area contributed by atoms with Crippen molar-refractivity contribution in [2.45, 2.75) is 6.92 Å². The average molecular weight is 298 g/mol. The summed E-state index contributed by atoms with van der Waals surface area (Å²) in [5.41, 5.74) is 0.512. The van der Waals surface area contributed by atoms with E-state index >= 15 is 0 Å². The Morgan fingerprint density at radius 2 is 2.12 bits per heavy atom. The number of amides is 1. The zero-order valence-electron chi connectivity index (χ0n) is 9.90. The molecule has 0 saturated carbocycles. The highest BCUT2D eigenvalue weighted by molar-refractivity contribution is 9.10. The third-order valence-corrected chi connectivity index (χ3v) is 3.71. The third kappa shape index (κ3) is 2.84. The molecule has 1 fully saturated rings. The SMILES string of the molecule is CCN1CCN(C(=O)c2ncccc2Br)CC1. The molecule has 0 atom stereocenters. The first kappa shape index (κ1) is 12.5. The predicted molar refractivity (Wildman–Crippen MR) is 70.0 cm³/mol. The Balaban J connectivity index is 2.04. The normalized spacial score (nSPS) is 17.2. The molecule has 0 aliphatic carbocycles. The second kappa shape index (κ2) is 5.60. The highest BCUT2D eigenvalue weighted by Crippen LogP contribution is 2.16. The fourth-order valence-corrected chi connectivity index (χ4v) is 2.38. The maximum absolute atomic E-state index is 12.2. The minimum Gasteiger partial charge on any atom is -0.335 e. The summed E-state index contributed by atoms with van der Waals surface area (Å²) in [6.45, 7) is 6.67. The van der Waals surface area contributed by atoms with E-state index < -0.39 is 0 Å². The summed E-state index contributed by atoms with van der Waals surface area (Å²) in [6, 6.07) is 3.67. The molecule has 0 aromatic carbocycles. The molecular weight excluding hydrogens is 282 g/mol. The number of nitrogens with zero attached hydrogens (tertiary/aromatic N) is 3. The van der Waals surface area contributed by atoms with Gasteiger partial charge in [-0.05, 0) is 34.6 Å². The number of hydrogen-bond acceptors (Lipinski definition) is 3. The monoisotopic (exact) mass is 297 g/mol. The lowest BCUT2D eigenvalue weighted by Crippen LogP contribution is -2.48. The van der Waals surface area contributed by atoms with Gasteiger partial charge in [0.15, 0.2) is 0 Å². The van der Waals surface area contributed by atoms with Crippen LogP contribution in [-0.2, 0) is 0 Å². The average Bonchev–Trinajstić information content (AvgIpc) is 2.39. The number of piperazine rings is 1. The van der Waals surface area contributed by atoms with E-state index in [1.54, 1.807) is 6.20 Å². The molecule has 0 unspecified atom stereocenters. The van der Waals surface area contributed by atoms with E-state index in [1.165, 1.54) is 0 Å². The van der Waals surface area contributed by atoms with E-state index in [2.05, 4.69) is 32.7 Å². The van der Waals surface area contributed by atoms with Crippen LogP contribution in [0, 0.1) is 0 Å². The molecule has 0 radical (unpaired) electrons. The van der Waals surface area contributed by atoms with Crippen molar-refractivity contribution in [2.75, 3.05) is 32.7 Å². The van der Waals surface area contributed by atoms with Crippen molar-refractivity contribution in [3.8, 4) is 0 Å². The van der Waals surface area contributed by atoms with Crippen LogP contribution < -0.4 is 0 Å². The lowest BCUT2D eigenvalue weighted by molar-refractivity contribution is 0.0636. The lowest BCUT2D eigenvalue weighted by Gasteiger charge is -2.33. The second-order valence-electron chi connectivity index (χ2n) is 4.06. The molecule has 1 saturated heterocycles. The number of aromatic nitrogens is 1. The van der Waals surface area contributed by atoms with Crippen LogP contribution in [0.1, 0.15) is 17.4 Å². The Labute approximate surface area is 110 Å². The molecule has 1 aromatic rings. The van der Waals surface area contributed by atoms with Crippen molar-refractivity contribution >= 4 is 21.8 Å². The maximum Gasteiger partial charge on any atom is 0.273 e. The molecule has 4 nitrogen and oxygen atoms in total. The largest absolute Gasteiger partial charge is 0.335 e. The van der Waals surface area contributed by atoms with E-state index in [4.69, 9.17) is 0 Å². The van der Waals surface area contributed by atoms with Crippen LogP contribution in [-0.4, -0.2) is 53.4 Å². The standard InChI is InChI=1S/C12H16BrN3O/c1-2-15-6-8-16(9-7-15)12(17)11-10(13)4-3-5-14-11/h3-5H,2,6-9H2,1H3. The Morgan fingerprint density at radius 3 is 2.71 bits per heavy atom. The van der Waals surface area contributed by atoms with E-state index in [0.29, 0.717) is 5.69 Å². The van der Waals surface area contributed by atoms with Crippen LogP contribution in [0.2, 0.25) is 0 Å². The van der Waals surface area contributed by atoms with Crippen LogP contribution in [0.4, 0.5) is 0 Å². The number of hydrogen-bond donors (Lipinski definition) is 0. The molecule has 5 heteroatoms. The van der Waals surface area contributed by atoms with Gasteiger partial charge in [0.05, 0.1) is 0 Å². The summed E-state index contributed by atoms with van der Waals surface area (Å²) in [6.07, 6.45) is 1.65. The first-order valence-corrected chi connectivity index (χ1v) is 6.64. The van der Waals surface area contributed by atoms with E-state index in [9.17, 15) is 4.79 Å². The van der Waals surface area contributed by atoms with Gasteiger partial charge in [-0.1, -0.05) is 6.92 Å². The Hall–Kier alpha value is -0.940. The maximum atomic E-state index is 12.2.